The molecule has 0 N–H and O–H groups in total. The highest BCUT2D eigenvalue weighted by Gasteiger charge is 2.12. The Balaban J connectivity index is 1.53. The molecule has 0 fully saturated rings. The Labute approximate surface area is 220 Å². The average Bonchev–Trinajstić information content (AvgIpc) is 2.93. The smallest absolute Gasteiger partial charge is 0.342 e. The number of hydrogen-bond donors (Lipinski definition) is 0. The number of esters is 2. The fourth-order valence-electron chi connectivity index (χ4n) is 4.09. The van der Waals surface area contributed by atoms with Crippen LogP contribution in [0.25, 0.3) is 16.0 Å². The standard InChI is InChI=1S/C32H35NO4/c1-4-6-7-8-9-10-22-36-31(34)27-15-12-24(13-16-27)25-18-20-29(21-19-25)37-32(35)28-17-14-26(11-5-2)30(23-28)33-3/h12-21,23H,4-11,22H2,1-2H3. The summed E-state index contributed by atoms with van der Waals surface area (Å²) in [6, 6.07) is 19.6. The number of nitrogens with zero attached hydrogens (tertiary/aromatic N) is 1. The van der Waals surface area contributed by atoms with Gasteiger partial charge in [0.05, 0.1) is 18.7 Å². The van der Waals surface area contributed by atoms with Crippen molar-refractivity contribution in [2.24, 2.45) is 0 Å². The van der Waals surface area contributed by atoms with Gasteiger partial charge in [-0.05, 0) is 65.9 Å². The summed E-state index contributed by atoms with van der Waals surface area (Å²) in [5, 5.41) is 0. The van der Waals surface area contributed by atoms with E-state index in [9.17, 15) is 9.59 Å². The zero-order chi connectivity index (χ0) is 26.5. The highest BCUT2D eigenvalue weighted by Crippen LogP contribution is 2.26. The fourth-order valence-corrected chi connectivity index (χ4v) is 4.09. The van der Waals surface area contributed by atoms with Crippen molar-refractivity contribution in [1.29, 1.82) is 0 Å². The number of benzene rings is 3. The fraction of sp³-hybridized carbons (Fsp3) is 0.344. The second-order valence-corrected chi connectivity index (χ2v) is 9.10. The van der Waals surface area contributed by atoms with E-state index in [2.05, 4.69) is 18.7 Å². The molecular weight excluding hydrogens is 462 g/mol. The molecule has 0 saturated heterocycles. The lowest BCUT2D eigenvalue weighted by atomic mass is 10.0. The number of carbonyl (C=O) groups excluding carboxylic acids is 2. The topological polar surface area (TPSA) is 57.0 Å². The van der Waals surface area contributed by atoms with Crippen LogP contribution in [0.2, 0.25) is 0 Å². The maximum absolute atomic E-state index is 12.6. The van der Waals surface area contributed by atoms with E-state index < -0.39 is 5.97 Å². The minimum atomic E-state index is -0.496. The Morgan fingerprint density at radius 1 is 0.730 bits per heavy atom. The van der Waals surface area contributed by atoms with E-state index in [0.29, 0.717) is 29.2 Å². The molecule has 0 atom stereocenters. The molecule has 0 amide bonds. The van der Waals surface area contributed by atoms with Crippen molar-refractivity contribution >= 4 is 17.6 Å². The van der Waals surface area contributed by atoms with Crippen LogP contribution >= 0.6 is 0 Å². The molecule has 3 aromatic rings. The van der Waals surface area contributed by atoms with E-state index in [4.69, 9.17) is 16.0 Å². The molecule has 0 radical (unpaired) electrons. The van der Waals surface area contributed by atoms with Crippen LogP contribution in [-0.4, -0.2) is 18.5 Å². The van der Waals surface area contributed by atoms with Gasteiger partial charge >= 0.3 is 11.9 Å². The molecule has 0 aliphatic carbocycles. The Hall–Kier alpha value is -3.91. The molecule has 0 aliphatic heterocycles. The van der Waals surface area contributed by atoms with Gasteiger partial charge in [0.15, 0.2) is 5.69 Å². The van der Waals surface area contributed by atoms with Crippen LogP contribution in [0.1, 0.15) is 85.1 Å². The van der Waals surface area contributed by atoms with E-state index in [-0.39, 0.29) is 5.97 Å². The highest BCUT2D eigenvalue weighted by atomic mass is 16.5. The van der Waals surface area contributed by atoms with Crippen LogP contribution in [0, 0.1) is 6.57 Å². The molecule has 3 rings (SSSR count). The molecule has 0 saturated carbocycles. The molecule has 5 heteroatoms. The Bertz CT molecular complexity index is 1210. The second kappa shape index (κ2) is 14.6. The number of unbranched alkanes of at least 4 members (excludes halogenated alkanes) is 5. The molecule has 0 heterocycles. The van der Waals surface area contributed by atoms with Crippen LogP contribution in [0.5, 0.6) is 5.75 Å². The normalized spacial score (nSPS) is 10.5. The van der Waals surface area contributed by atoms with Crippen molar-refractivity contribution in [2.45, 2.75) is 65.2 Å². The van der Waals surface area contributed by atoms with Crippen LogP contribution < -0.4 is 4.74 Å². The third-order valence-corrected chi connectivity index (χ3v) is 6.21. The summed E-state index contributed by atoms with van der Waals surface area (Å²) in [6.45, 7) is 12.1. The first-order valence-corrected chi connectivity index (χ1v) is 13.2. The van der Waals surface area contributed by atoms with E-state index in [1.165, 1.54) is 25.7 Å². The first kappa shape index (κ1) is 27.7. The van der Waals surface area contributed by atoms with Gasteiger partial charge in [-0.3, -0.25) is 0 Å². The van der Waals surface area contributed by atoms with Gasteiger partial charge in [0.2, 0.25) is 0 Å². The maximum Gasteiger partial charge on any atom is 0.342 e. The van der Waals surface area contributed by atoms with Gasteiger partial charge in [-0.25, -0.2) is 14.4 Å². The van der Waals surface area contributed by atoms with Gasteiger partial charge in [0.1, 0.15) is 5.75 Å². The van der Waals surface area contributed by atoms with Gasteiger partial charge in [0, 0.05) is 5.56 Å². The molecule has 192 valence electrons. The predicted molar refractivity (Wildman–Crippen MR) is 147 cm³/mol. The van der Waals surface area contributed by atoms with Crippen molar-refractivity contribution in [3.63, 3.8) is 0 Å². The van der Waals surface area contributed by atoms with Gasteiger partial charge in [-0.15, -0.1) is 0 Å². The predicted octanol–water partition coefficient (Wildman–Crippen LogP) is 8.59. The molecule has 37 heavy (non-hydrogen) atoms. The summed E-state index contributed by atoms with van der Waals surface area (Å²) in [5.41, 5.74) is 4.19. The van der Waals surface area contributed by atoms with E-state index in [0.717, 1.165) is 42.4 Å². The Morgan fingerprint density at radius 2 is 1.35 bits per heavy atom. The van der Waals surface area contributed by atoms with Gasteiger partial charge in [-0.1, -0.05) is 82.7 Å². The summed E-state index contributed by atoms with van der Waals surface area (Å²) < 4.78 is 10.9. The number of aryl methyl sites for hydroxylation is 1. The first-order valence-electron chi connectivity index (χ1n) is 13.2. The minimum absolute atomic E-state index is 0.300. The van der Waals surface area contributed by atoms with Crippen LogP contribution in [0.4, 0.5) is 5.69 Å². The van der Waals surface area contributed by atoms with Crippen molar-refractivity contribution in [3.05, 3.63) is 94.8 Å². The number of hydrogen-bond acceptors (Lipinski definition) is 4. The molecule has 0 bridgehead atoms. The summed E-state index contributed by atoms with van der Waals surface area (Å²) in [4.78, 5) is 28.4. The van der Waals surface area contributed by atoms with Crippen LogP contribution in [0.15, 0.2) is 66.7 Å². The second-order valence-electron chi connectivity index (χ2n) is 9.10. The van der Waals surface area contributed by atoms with Gasteiger partial charge in [-0.2, -0.15) is 0 Å². The largest absolute Gasteiger partial charge is 0.462 e. The SMILES string of the molecule is [C-]#[N+]c1cc(C(=O)Oc2ccc(-c3ccc(C(=O)OCCCCCCCC)cc3)cc2)ccc1CCC. The lowest BCUT2D eigenvalue weighted by molar-refractivity contribution is 0.0497. The van der Waals surface area contributed by atoms with Crippen molar-refractivity contribution in [3.8, 4) is 16.9 Å². The molecule has 0 unspecified atom stereocenters. The molecule has 0 spiro atoms. The Morgan fingerprint density at radius 3 is 2.00 bits per heavy atom. The third-order valence-electron chi connectivity index (χ3n) is 6.21. The molecular formula is C32H35NO4. The minimum Gasteiger partial charge on any atom is -0.462 e. The highest BCUT2D eigenvalue weighted by molar-refractivity contribution is 5.92. The Kier molecular flexibility index (Phi) is 10.9. The van der Waals surface area contributed by atoms with E-state index in [1.54, 1.807) is 36.4 Å². The monoisotopic (exact) mass is 497 g/mol. The van der Waals surface area contributed by atoms with Crippen LogP contribution in [0.3, 0.4) is 0 Å². The average molecular weight is 498 g/mol. The van der Waals surface area contributed by atoms with Crippen molar-refractivity contribution in [1.82, 2.24) is 0 Å². The summed E-state index contributed by atoms with van der Waals surface area (Å²) in [5.74, 6) is -0.373. The third kappa shape index (κ3) is 8.32. The molecule has 0 aromatic heterocycles. The first-order chi connectivity index (χ1) is 18.0. The summed E-state index contributed by atoms with van der Waals surface area (Å²) in [7, 11) is 0. The van der Waals surface area contributed by atoms with Crippen molar-refractivity contribution < 1.29 is 19.1 Å². The lowest BCUT2D eigenvalue weighted by Gasteiger charge is -2.09. The zero-order valence-electron chi connectivity index (χ0n) is 21.8. The van der Waals surface area contributed by atoms with E-state index >= 15 is 0 Å². The van der Waals surface area contributed by atoms with E-state index in [1.807, 2.05) is 30.3 Å². The van der Waals surface area contributed by atoms with Gasteiger partial charge in [0.25, 0.3) is 0 Å². The summed E-state index contributed by atoms with van der Waals surface area (Å²) in [6.07, 6.45) is 8.64. The summed E-state index contributed by atoms with van der Waals surface area (Å²) >= 11 is 0. The number of carbonyl (C=O) groups is 2. The maximum atomic E-state index is 12.6. The van der Waals surface area contributed by atoms with Crippen LogP contribution in [-0.2, 0) is 11.2 Å². The molecule has 5 nitrogen and oxygen atoms in total. The lowest BCUT2D eigenvalue weighted by Crippen LogP contribution is -2.08. The van der Waals surface area contributed by atoms with Gasteiger partial charge < -0.3 is 9.47 Å². The molecule has 0 aliphatic rings. The number of rotatable bonds is 13. The number of ether oxygens (including phenoxy) is 2. The van der Waals surface area contributed by atoms with Crippen molar-refractivity contribution in [2.75, 3.05) is 6.61 Å². The molecule has 3 aromatic carbocycles. The quantitative estimate of drug-likeness (QED) is 0.103. The zero-order valence-corrected chi connectivity index (χ0v) is 21.8.